The van der Waals surface area contributed by atoms with E-state index in [4.69, 9.17) is 20.8 Å². The number of fused-ring (bicyclic) bond motifs is 2. The van der Waals surface area contributed by atoms with E-state index < -0.39 is 11.7 Å². The molecule has 1 N–H and O–H groups in total. The number of amides is 1. The van der Waals surface area contributed by atoms with Crippen molar-refractivity contribution in [2.24, 2.45) is 5.92 Å². The summed E-state index contributed by atoms with van der Waals surface area (Å²) in [5, 5.41) is 13.1. The van der Waals surface area contributed by atoms with E-state index in [2.05, 4.69) is 6.92 Å². The van der Waals surface area contributed by atoms with Crippen molar-refractivity contribution < 1.29 is 19.1 Å². The van der Waals surface area contributed by atoms with E-state index in [-0.39, 0.29) is 23.5 Å². The van der Waals surface area contributed by atoms with Crippen molar-refractivity contribution in [2.45, 2.75) is 89.9 Å². The maximum atomic E-state index is 14.0. The third-order valence-corrected chi connectivity index (χ3v) is 8.96. The summed E-state index contributed by atoms with van der Waals surface area (Å²) in [5.41, 5.74) is 2.02. The van der Waals surface area contributed by atoms with Crippen molar-refractivity contribution in [2.75, 3.05) is 6.54 Å². The van der Waals surface area contributed by atoms with Crippen LogP contribution in [-0.4, -0.2) is 34.2 Å². The average molecular weight is 552 g/mol. The number of ether oxygens (including phenoxy) is 1. The number of unbranched alkanes of at least 4 members (excludes halogenated alkanes) is 1. The lowest BCUT2D eigenvalue weighted by Gasteiger charge is -2.53. The zero-order valence-corrected chi connectivity index (χ0v) is 23.8. The van der Waals surface area contributed by atoms with Gasteiger partial charge in [-0.2, -0.15) is 0 Å². The minimum atomic E-state index is -0.772. The average Bonchev–Trinajstić information content (AvgIpc) is 2.92. The number of hydrogen-bond donors (Lipinski definition) is 1. The van der Waals surface area contributed by atoms with Gasteiger partial charge in [0, 0.05) is 34.5 Å². The highest BCUT2D eigenvalue weighted by atomic mass is 35.5. The first-order chi connectivity index (χ1) is 18.7. The van der Waals surface area contributed by atoms with Crippen LogP contribution in [0.4, 0.5) is 0 Å². The first-order valence-electron chi connectivity index (χ1n) is 14.2. The van der Waals surface area contributed by atoms with Crippen LogP contribution in [0.5, 0.6) is 5.75 Å². The molecule has 3 aromatic rings. The standard InChI is InChI=1S/C32H38ClNO5/c1-4-5-8-23-19-28(35)39-30-20(2)27(15-14-25(23)30)38-21(3)31(36)34-18-17-32(37)16-7-6-9-26(32)29(34)22-10-12-24(33)13-11-22/h10-15,19,21,26,29,37H,4-9,16-18H2,1-3H3/t21-,26+,29-,32+/m0/s1. The van der Waals surface area contributed by atoms with Crippen LogP contribution < -0.4 is 10.4 Å². The minimum absolute atomic E-state index is 0.0458. The molecule has 0 bridgehead atoms. The number of rotatable bonds is 7. The van der Waals surface area contributed by atoms with Crippen molar-refractivity contribution in [1.29, 1.82) is 0 Å². The molecular weight excluding hydrogens is 514 g/mol. The Labute approximate surface area is 234 Å². The number of benzene rings is 2. The fourth-order valence-electron chi connectivity index (χ4n) is 6.59. The molecule has 6 nitrogen and oxygen atoms in total. The van der Waals surface area contributed by atoms with Gasteiger partial charge in [0.1, 0.15) is 11.3 Å². The third kappa shape index (κ3) is 5.46. The normalized spacial score (nSPS) is 23.9. The Morgan fingerprint density at radius 3 is 2.72 bits per heavy atom. The van der Waals surface area contributed by atoms with Gasteiger partial charge in [-0.15, -0.1) is 0 Å². The maximum absolute atomic E-state index is 14.0. The second-order valence-electron chi connectivity index (χ2n) is 11.3. The summed E-state index contributed by atoms with van der Waals surface area (Å²) in [6.07, 6.45) is 6.29. The Balaban J connectivity index is 1.43. The van der Waals surface area contributed by atoms with Crippen LogP contribution in [0.1, 0.15) is 81.5 Å². The number of carbonyl (C=O) groups excluding carboxylic acids is 1. The van der Waals surface area contributed by atoms with Gasteiger partial charge in [-0.25, -0.2) is 4.79 Å². The van der Waals surface area contributed by atoms with Gasteiger partial charge < -0.3 is 19.2 Å². The molecular formula is C32H38ClNO5. The van der Waals surface area contributed by atoms with E-state index in [0.29, 0.717) is 34.9 Å². The molecule has 0 unspecified atom stereocenters. The van der Waals surface area contributed by atoms with Gasteiger partial charge in [-0.1, -0.05) is 49.9 Å². The molecule has 5 rings (SSSR count). The summed E-state index contributed by atoms with van der Waals surface area (Å²) < 4.78 is 11.9. The molecule has 2 aromatic carbocycles. The second-order valence-corrected chi connectivity index (χ2v) is 11.7. The third-order valence-electron chi connectivity index (χ3n) is 8.71. The van der Waals surface area contributed by atoms with Crippen LogP contribution >= 0.6 is 11.6 Å². The lowest BCUT2D eigenvalue weighted by atomic mass is 9.66. The maximum Gasteiger partial charge on any atom is 0.336 e. The molecule has 2 heterocycles. The summed E-state index contributed by atoms with van der Waals surface area (Å²) in [6.45, 7) is 6.21. The number of nitrogens with zero attached hydrogens (tertiary/aromatic N) is 1. The van der Waals surface area contributed by atoms with Crippen LogP contribution in [0, 0.1) is 12.8 Å². The largest absolute Gasteiger partial charge is 0.480 e. The number of halogens is 1. The monoisotopic (exact) mass is 551 g/mol. The Kier molecular flexibility index (Phi) is 8.06. The Bertz CT molecular complexity index is 1400. The molecule has 4 atom stereocenters. The number of likely N-dealkylation sites (tertiary alicyclic amines) is 1. The Hall–Kier alpha value is -2.83. The van der Waals surface area contributed by atoms with Crippen LogP contribution in [0.2, 0.25) is 5.02 Å². The van der Waals surface area contributed by atoms with E-state index in [0.717, 1.165) is 61.5 Å². The fraction of sp³-hybridized carbons (Fsp3) is 0.500. The summed E-state index contributed by atoms with van der Waals surface area (Å²) in [6, 6.07) is 12.7. The number of aliphatic hydroxyl groups is 1. The number of hydrogen-bond acceptors (Lipinski definition) is 5. The fourth-order valence-corrected chi connectivity index (χ4v) is 6.71. The zero-order chi connectivity index (χ0) is 27.7. The van der Waals surface area contributed by atoms with Gasteiger partial charge in [0.25, 0.3) is 5.91 Å². The molecule has 2 fully saturated rings. The predicted molar refractivity (Wildman–Crippen MR) is 153 cm³/mol. The lowest BCUT2D eigenvalue weighted by Crippen LogP contribution is -2.58. The molecule has 1 amide bonds. The van der Waals surface area contributed by atoms with Gasteiger partial charge in [-0.05, 0) is 81.3 Å². The molecule has 208 valence electrons. The van der Waals surface area contributed by atoms with Crippen LogP contribution in [0.15, 0.2) is 51.7 Å². The van der Waals surface area contributed by atoms with Crippen molar-refractivity contribution in [3.8, 4) is 5.75 Å². The van der Waals surface area contributed by atoms with Crippen LogP contribution in [-0.2, 0) is 11.2 Å². The predicted octanol–water partition coefficient (Wildman–Crippen LogP) is 6.76. The summed E-state index contributed by atoms with van der Waals surface area (Å²) >= 11 is 6.18. The first-order valence-corrected chi connectivity index (χ1v) is 14.6. The van der Waals surface area contributed by atoms with E-state index in [1.165, 1.54) is 0 Å². The molecule has 0 radical (unpaired) electrons. The van der Waals surface area contributed by atoms with E-state index in [1.54, 1.807) is 13.0 Å². The molecule has 2 aliphatic rings. The number of carbonyl (C=O) groups is 1. The summed E-state index contributed by atoms with van der Waals surface area (Å²) in [4.78, 5) is 28.1. The Morgan fingerprint density at radius 2 is 1.97 bits per heavy atom. The SMILES string of the molecule is CCCCc1cc(=O)oc2c(C)c(O[C@@H](C)C(=O)N3CC[C@]4(O)CCCC[C@@H]4[C@@H]3c3ccc(Cl)cc3)ccc12. The van der Waals surface area contributed by atoms with Crippen molar-refractivity contribution >= 4 is 28.5 Å². The zero-order valence-electron chi connectivity index (χ0n) is 23.0. The number of aryl methyl sites for hydroxylation is 2. The van der Waals surface area contributed by atoms with Gasteiger partial charge in [0.05, 0.1) is 11.6 Å². The van der Waals surface area contributed by atoms with E-state index in [1.807, 2.05) is 48.2 Å². The van der Waals surface area contributed by atoms with Gasteiger partial charge >= 0.3 is 5.63 Å². The highest BCUT2D eigenvalue weighted by Gasteiger charge is 2.50. The molecule has 1 aromatic heterocycles. The van der Waals surface area contributed by atoms with Crippen LogP contribution in [0.3, 0.4) is 0 Å². The quantitative estimate of drug-likeness (QED) is 0.328. The van der Waals surface area contributed by atoms with Gasteiger partial charge in [0.2, 0.25) is 0 Å². The molecule has 7 heteroatoms. The molecule has 0 spiro atoms. The number of piperidine rings is 1. The Morgan fingerprint density at radius 1 is 1.21 bits per heavy atom. The lowest BCUT2D eigenvalue weighted by molar-refractivity contribution is -0.161. The molecule has 39 heavy (non-hydrogen) atoms. The van der Waals surface area contributed by atoms with Crippen molar-refractivity contribution in [3.63, 3.8) is 0 Å². The van der Waals surface area contributed by atoms with E-state index >= 15 is 0 Å². The topological polar surface area (TPSA) is 80.0 Å². The highest BCUT2D eigenvalue weighted by molar-refractivity contribution is 6.30. The van der Waals surface area contributed by atoms with Gasteiger partial charge in [-0.3, -0.25) is 4.79 Å². The van der Waals surface area contributed by atoms with Crippen molar-refractivity contribution in [1.82, 2.24) is 4.90 Å². The second kappa shape index (κ2) is 11.3. The molecule has 1 saturated heterocycles. The summed E-state index contributed by atoms with van der Waals surface area (Å²) in [7, 11) is 0. The summed E-state index contributed by atoms with van der Waals surface area (Å²) in [5.74, 6) is 0.351. The van der Waals surface area contributed by atoms with Crippen LogP contribution in [0.25, 0.3) is 11.0 Å². The molecule has 1 aliphatic carbocycles. The molecule has 1 saturated carbocycles. The smallest absolute Gasteiger partial charge is 0.336 e. The first kappa shape index (κ1) is 27.7. The van der Waals surface area contributed by atoms with Crippen molar-refractivity contribution in [3.05, 3.63) is 74.6 Å². The minimum Gasteiger partial charge on any atom is -0.480 e. The van der Waals surface area contributed by atoms with E-state index in [9.17, 15) is 14.7 Å². The molecule has 1 aliphatic heterocycles. The van der Waals surface area contributed by atoms with Gasteiger partial charge in [0.15, 0.2) is 6.10 Å². The highest BCUT2D eigenvalue weighted by Crippen LogP contribution is 2.49.